The average Bonchev–Trinajstić information content (AvgIpc) is 2.28. The zero-order valence-electron chi connectivity index (χ0n) is 8.49. The van der Waals surface area contributed by atoms with Crippen LogP contribution in [0.1, 0.15) is 10.4 Å². The largest absolute Gasteiger partial charge is 0.434 e. The molecule has 0 aliphatic carbocycles. The zero-order chi connectivity index (χ0) is 12.4. The Kier molecular flexibility index (Phi) is 3.24. The molecule has 0 saturated carbocycles. The maximum Gasteiger partial charge on any atom is 0.387 e. The molecule has 0 spiro atoms. The average molecular weight is 257 g/mol. The Morgan fingerprint density at radius 1 is 1.12 bits per heavy atom. The summed E-state index contributed by atoms with van der Waals surface area (Å²) in [6.07, 6.45) is 0. The summed E-state index contributed by atoms with van der Waals surface area (Å²) in [4.78, 5) is 11.2. The normalized spacial score (nSPS) is 10.8. The molecule has 0 saturated heterocycles. The number of hydrogen-bond donors (Lipinski definition) is 0. The van der Waals surface area contributed by atoms with E-state index in [-0.39, 0.29) is 11.3 Å². The number of fused-ring (bicyclic) bond motifs is 1. The summed E-state index contributed by atoms with van der Waals surface area (Å²) in [6.45, 7) is -2.91. The van der Waals surface area contributed by atoms with E-state index in [0.29, 0.717) is 10.8 Å². The number of hydrogen-bond acceptors (Lipinski definition) is 2. The Balaban J connectivity index is 2.65. The van der Waals surface area contributed by atoms with Crippen LogP contribution in [0.5, 0.6) is 5.75 Å². The SMILES string of the molecule is O=C(Cl)c1cccc2c(OC(F)F)cccc12. The number of carbonyl (C=O) groups excluding carboxylic acids is 1. The van der Waals surface area contributed by atoms with Gasteiger partial charge in [-0.2, -0.15) is 8.78 Å². The van der Waals surface area contributed by atoms with Gasteiger partial charge in [-0.1, -0.05) is 24.3 Å². The van der Waals surface area contributed by atoms with E-state index >= 15 is 0 Å². The van der Waals surface area contributed by atoms with Crippen molar-refractivity contribution in [2.45, 2.75) is 6.61 Å². The molecule has 5 heteroatoms. The Hall–Kier alpha value is -1.68. The smallest absolute Gasteiger partial charge is 0.387 e. The monoisotopic (exact) mass is 256 g/mol. The van der Waals surface area contributed by atoms with Crippen LogP contribution in [0.3, 0.4) is 0 Å². The minimum Gasteiger partial charge on any atom is -0.434 e. The van der Waals surface area contributed by atoms with E-state index in [1.54, 1.807) is 18.2 Å². The first kappa shape index (κ1) is 11.8. The topological polar surface area (TPSA) is 26.3 Å². The van der Waals surface area contributed by atoms with E-state index in [0.717, 1.165) is 0 Å². The minimum atomic E-state index is -2.91. The highest BCUT2D eigenvalue weighted by molar-refractivity contribution is 6.68. The van der Waals surface area contributed by atoms with Gasteiger partial charge in [-0.05, 0) is 29.1 Å². The maximum absolute atomic E-state index is 12.2. The third kappa shape index (κ3) is 2.36. The number of rotatable bonds is 3. The standard InChI is InChI=1S/C12H7ClF2O2/c13-11(16)9-5-1-4-8-7(9)3-2-6-10(8)17-12(14)15/h1-6,12H. The number of ether oxygens (including phenoxy) is 1. The zero-order valence-corrected chi connectivity index (χ0v) is 9.25. The Bertz CT molecular complexity index is 569. The summed E-state index contributed by atoms with van der Waals surface area (Å²) in [6, 6.07) is 9.26. The van der Waals surface area contributed by atoms with Crippen molar-refractivity contribution in [2.75, 3.05) is 0 Å². The van der Waals surface area contributed by atoms with Crippen LogP contribution < -0.4 is 4.74 Å². The molecule has 0 fully saturated rings. The number of alkyl halides is 2. The molecule has 2 aromatic carbocycles. The molecule has 2 rings (SSSR count). The highest BCUT2D eigenvalue weighted by Gasteiger charge is 2.12. The van der Waals surface area contributed by atoms with Crippen LogP contribution in [-0.2, 0) is 0 Å². The summed E-state index contributed by atoms with van der Waals surface area (Å²) in [5.41, 5.74) is 0.267. The lowest BCUT2D eigenvalue weighted by atomic mass is 10.0. The van der Waals surface area contributed by atoms with Gasteiger partial charge < -0.3 is 4.74 Å². The molecule has 0 amide bonds. The third-order valence-corrected chi connectivity index (χ3v) is 2.51. The number of carbonyl (C=O) groups is 1. The molecule has 88 valence electrons. The maximum atomic E-state index is 12.2. The fraction of sp³-hybridized carbons (Fsp3) is 0.0833. The van der Waals surface area contributed by atoms with Gasteiger partial charge in [-0.3, -0.25) is 4.79 Å². The third-order valence-electron chi connectivity index (χ3n) is 2.31. The summed E-state index contributed by atoms with van der Waals surface area (Å²) >= 11 is 5.41. The summed E-state index contributed by atoms with van der Waals surface area (Å²) in [7, 11) is 0. The second-order valence-electron chi connectivity index (χ2n) is 3.31. The van der Waals surface area contributed by atoms with Crippen LogP contribution in [-0.4, -0.2) is 11.9 Å². The van der Waals surface area contributed by atoms with E-state index in [1.807, 2.05) is 0 Å². The van der Waals surface area contributed by atoms with E-state index in [4.69, 9.17) is 11.6 Å². The molecular formula is C12H7ClF2O2. The van der Waals surface area contributed by atoms with E-state index < -0.39 is 11.9 Å². The molecule has 2 nitrogen and oxygen atoms in total. The van der Waals surface area contributed by atoms with Crippen molar-refractivity contribution in [3.63, 3.8) is 0 Å². The fourth-order valence-corrected chi connectivity index (χ4v) is 1.82. The lowest BCUT2D eigenvalue weighted by molar-refractivity contribution is -0.0487. The molecule has 0 aromatic heterocycles. The molecule has 0 atom stereocenters. The molecule has 0 aliphatic heterocycles. The van der Waals surface area contributed by atoms with E-state index in [2.05, 4.69) is 4.74 Å². The first-order valence-corrected chi connectivity index (χ1v) is 5.14. The second kappa shape index (κ2) is 4.67. The highest BCUT2D eigenvalue weighted by Crippen LogP contribution is 2.29. The van der Waals surface area contributed by atoms with Crippen LogP contribution >= 0.6 is 11.6 Å². The minimum absolute atomic E-state index is 0.0252. The molecule has 2 aromatic rings. The summed E-state index contributed by atoms with van der Waals surface area (Å²) < 4.78 is 28.8. The van der Waals surface area contributed by atoms with Crippen molar-refractivity contribution in [3.8, 4) is 5.75 Å². The first-order valence-electron chi connectivity index (χ1n) is 4.76. The van der Waals surface area contributed by atoms with Crippen LogP contribution in [0.4, 0.5) is 8.78 Å². The molecule has 17 heavy (non-hydrogen) atoms. The van der Waals surface area contributed by atoms with Crippen molar-refractivity contribution < 1.29 is 18.3 Å². The van der Waals surface area contributed by atoms with Gasteiger partial charge in [0, 0.05) is 10.9 Å². The van der Waals surface area contributed by atoms with Gasteiger partial charge in [0.25, 0.3) is 5.24 Å². The van der Waals surface area contributed by atoms with Crippen molar-refractivity contribution >= 4 is 27.6 Å². The molecular weight excluding hydrogens is 250 g/mol. The van der Waals surface area contributed by atoms with E-state index in [9.17, 15) is 13.6 Å². The summed E-state index contributed by atoms with van der Waals surface area (Å²) in [5.74, 6) is 0.0252. The van der Waals surface area contributed by atoms with Gasteiger partial charge >= 0.3 is 6.61 Å². The molecule has 0 bridgehead atoms. The number of benzene rings is 2. The molecule has 0 unspecified atom stereocenters. The molecule has 0 heterocycles. The molecule has 0 radical (unpaired) electrons. The van der Waals surface area contributed by atoms with Gasteiger partial charge in [-0.15, -0.1) is 0 Å². The Labute approximate surface area is 101 Å². The predicted molar refractivity (Wildman–Crippen MR) is 60.8 cm³/mol. The van der Waals surface area contributed by atoms with Gasteiger partial charge in [0.1, 0.15) is 5.75 Å². The quantitative estimate of drug-likeness (QED) is 0.781. The van der Waals surface area contributed by atoms with Crippen LogP contribution in [0.25, 0.3) is 10.8 Å². The second-order valence-corrected chi connectivity index (χ2v) is 3.65. The van der Waals surface area contributed by atoms with Crippen molar-refractivity contribution in [1.29, 1.82) is 0 Å². The molecule has 0 aliphatic rings. The van der Waals surface area contributed by atoms with Crippen LogP contribution in [0.2, 0.25) is 0 Å². The molecule has 0 N–H and O–H groups in total. The summed E-state index contributed by atoms with van der Waals surface area (Å²) in [5, 5.41) is 0.287. The highest BCUT2D eigenvalue weighted by atomic mass is 35.5. The lowest BCUT2D eigenvalue weighted by Crippen LogP contribution is -2.02. The van der Waals surface area contributed by atoms with Crippen molar-refractivity contribution in [1.82, 2.24) is 0 Å². The fourth-order valence-electron chi connectivity index (χ4n) is 1.65. The van der Waals surface area contributed by atoms with Gasteiger partial charge in [0.2, 0.25) is 0 Å². The van der Waals surface area contributed by atoms with E-state index in [1.165, 1.54) is 18.2 Å². The predicted octanol–water partition coefficient (Wildman–Crippen LogP) is 3.82. The van der Waals surface area contributed by atoms with Crippen molar-refractivity contribution in [3.05, 3.63) is 42.0 Å². The van der Waals surface area contributed by atoms with Crippen LogP contribution in [0.15, 0.2) is 36.4 Å². The Morgan fingerprint density at radius 2 is 1.76 bits per heavy atom. The van der Waals surface area contributed by atoms with Gasteiger partial charge in [0.05, 0.1) is 0 Å². The number of halogens is 3. The van der Waals surface area contributed by atoms with Gasteiger partial charge in [-0.25, -0.2) is 0 Å². The van der Waals surface area contributed by atoms with Crippen LogP contribution in [0, 0.1) is 0 Å². The Morgan fingerprint density at radius 3 is 2.41 bits per heavy atom. The first-order chi connectivity index (χ1) is 8.09. The van der Waals surface area contributed by atoms with Crippen molar-refractivity contribution in [2.24, 2.45) is 0 Å². The van der Waals surface area contributed by atoms with Gasteiger partial charge in [0.15, 0.2) is 0 Å². The lowest BCUT2D eigenvalue weighted by Gasteiger charge is -2.09.